The smallest absolute Gasteiger partial charge is 0.0205 e. The monoisotopic (exact) mass is 175 g/mol. The standard InChI is InChI=1S/C12H17N/c1-3-4-9-13-10-12-7-5-11(2)6-8-12/h3,5-8,13H,1,4,9-10H2,2H3. The van der Waals surface area contributed by atoms with Crippen molar-refractivity contribution in [2.24, 2.45) is 0 Å². The lowest BCUT2D eigenvalue weighted by Gasteiger charge is -2.03. The van der Waals surface area contributed by atoms with E-state index in [9.17, 15) is 0 Å². The highest BCUT2D eigenvalue weighted by atomic mass is 14.8. The molecule has 0 fully saturated rings. The van der Waals surface area contributed by atoms with Crippen molar-refractivity contribution in [3.63, 3.8) is 0 Å². The fraction of sp³-hybridized carbons (Fsp3) is 0.333. The van der Waals surface area contributed by atoms with Gasteiger partial charge >= 0.3 is 0 Å². The third-order valence-corrected chi connectivity index (χ3v) is 1.97. The minimum absolute atomic E-state index is 0.952. The van der Waals surface area contributed by atoms with Gasteiger partial charge in [-0.1, -0.05) is 35.9 Å². The molecular weight excluding hydrogens is 158 g/mol. The van der Waals surface area contributed by atoms with Crippen molar-refractivity contribution in [1.29, 1.82) is 0 Å². The zero-order valence-electron chi connectivity index (χ0n) is 8.22. The summed E-state index contributed by atoms with van der Waals surface area (Å²) in [5.74, 6) is 0. The van der Waals surface area contributed by atoms with E-state index in [1.165, 1.54) is 11.1 Å². The van der Waals surface area contributed by atoms with Crippen LogP contribution >= 0.6 is 0 Å². The number of aryl methyl sites for hydroxylation is 1. The summed E-state index contributed by atoms with van der Waals surface area (Å²) in [4.78, 5) is 0. The molecule has 1 rings (SSSR count). The summed E-state index contributed by atoms with van der Waals surface area (Å²) < 4.78 is 0. The molecule has 0 bridgehead atoms. The third-order valence-electron chi connectivity index (χ3n) is 1.97. The Hall–Kier alpha value is -1.08. The van der Waals surface area contributed by atoms with E-state index >= 15 is 0 Å². The zero-order valence-corrected chi connectivity index (χ0v) is 8.22. The molecular formula is C12H17N. The lowest BCUT2D eigenvalue weighted by atomic mass is 10.1. The molecule has 0 aromatic heterocycles. The molecule has 13 heavy (non-hydrogen) atoms. The molecule has 0 radical (unpaired) electrons. The predicted molar refractivity (Wildman–Crippen MR) is 57.7 cm³/mol. The van der Waals surface area contributed by atoms with Crippen LogP contribution in [0.4, 0.5) is 0 Å². The first-order chi connectivity index (χ1) is 6.33. The van der Waals surface area contributed by atoms with Crippen LogP contribution in [-0.2, 0) is 6.54 Å². The Labute approximate surface area is 80.5 Å². The molecule has 0 aliphatic carbocycles. The Morgan fingerprint density at radius 2 is 2.00 bits per heavy atom. The SMILES string of the molecule is C=CCCNCc1ccc(C)cc1. The van der Waals surface area contributed by atoms with E-state index < -0.39 is 0 Å². The van der Waals surface area contributed by atoms with Crippen LogP contribution < -0.4 is 5.32 Å². The maximum atomic E-state index is 3.68. The van der Waals surface area contributed by atoms with Crippen LogP contribution in [-0.4, -0.2) is 6.54 Å². The molecule has 1 nitrogen and oxygen atoms in total. The summed E-state index contributed by atoms with van der Waals surface area (Å²) in [6.45, 7) is 7.75. The molecule has 1 N–H and O–H groups in total. The van der Waals surface area contributed by atoms with Gasteiger partial charge in [-0.25, -0.2) is 0 Å². The van der Waals surface area contributed by atoms with Crippen molar-refractivity contribution < 1.29 is 0 Å². The van der Waals surface area contributed by atoms with E-state index in [0.717, 1.165) is 19.5 Å². The maximum absolute atomic E-state index is 3.68. The molecule has 0 atom stereocenters. The molecule has 0 aliphatic heterocycles. The van der Waals surface area contributed by atoms with Crippen molar-refractivity contribution in [1.82, 2.24) is 5.32 Å². The predicted octanol–water partition coefficient (Wildman–Crippen LogP) is 2.66. The Morgan fingerprint density at radius 3 is 2.62 bits per heavy atom. The van der Waals surface area contributed by atoms with Crippen LogP contribution in [0.2, 0.25) is 0 Å². The fourth-order valence-electron chi connectivity index (χ4n) is 1.14. The first-order valence-corrected chi connectivity index (χ1v) is 4.70. The van der Waals surface area contributed by atoms with Gasteiger partial charge in [0, 0.05) is 6.54 Å². The van der Waals surface area contributed by atoms with Crippen molar-refractivity contribution in [3.05, 3.63) is 48.0 Å². The molecule has 0 saturated carbocycles. The summed E-state index contributed by atoms with van der Waals surface area (Å²) in [5, 5.41) is 3.35. The normalized spacial score (nSPS) is 9.92. The van der Waals surface area contributed by atoms with E-state index in [0.29, 0.717) is 0 Å². The topological polar surface area (TPSA) is 12.0 Å². The van der Waals surface area contributed by atoms with E-state index in [2.05, 4.69) is 43.1 Å². The van der Waals surface area contributed by atoms with Gasteiger partial charge in [0.25, 0.3) is 0 Å². The number of nitrogens with one attached hydrogen (secondary N) is 1. The van der Waals surface area contributed by atoms with Gasteiger partial charge in [0.15, 0.2) is 0 Å². The minimum atomic E-state index is 0.952. The average molecular weight is 175 g/mol. The Kier molecular flexibility index (Phi) is 4.27. The lowest BCUT2D eigenvalue weighted by molar-refractivity contribution is 0.696. The summed E-state index contributed by atoms with van der Waals surface area (Å²) in [5.41, 5.74) is 2.66. The number of rotatable bonds is 5. The zero-order chi connectivity index (χ0) is 9.52. The van der Waals surface area contributed by atoms with Crippen molar-refractivity contribution in [2.75, 3.05) is 6.54 Å². The summed E-state index contributed by atoms with van der Waals surface area (Å²) in [6.07, 6.45) is 2.97. The van der Waals surface area contributed by atoms with E-state index in [-0.39, 0.29) is 0 Å². The summed E-state index contributed by atoms with van der Waals surface area (Å²) in [7, 11) is 0. The molecule has 1 aromatic rings. The second-order valence-electron chi connectivity index (χ2n) is 3.24. The molecule has 0 amide bonds. The van der Waals surface area contributed by atoms with Gasteiger partial charge in [0.2, 0.25) is 0 Å². The van der Waals surface area contributed by atoms with Crippen LogP contribution in [0.3, 0.4) is 0 Å². The van der Waals surface area contributed by atoms with Gasteiger partial charge in [-0.05, 0) is 25.5 Å². The summed E-state index contributed by atoms with van der Waals surface area (Å²) in [6, 6.07) is 8.61. The Morgan fingerprint density at radius 1 is 1.31 bits per heavy atom. The van der Waals surface area contributed by atoms with Crippen LogP contribution in [0, 0.1) is 6.92 Å². The van der Waals surface area contributed by atoms with E-state index in [4.69, 9.17) is 0 Å². The van der Waals surface area contributed by atoms with Gasteiger partial charge in [-0.3, -0.25) is 0 Å². The molecule has 0 heterocycles. The highest BCUT2D eigenvalue weighted by Gasteiger charge is 1.90. The van der Waals surface area contributed by atoms with Gasteiger partial charge in [-0.15, -0.1) is 6.58 Å². The molecule has 0 aliphatic rings. The van der Waals surface area contributed by atoms with Crippen LogP contribution in [0.25, 0.3) is 0 Å². The highest BCUT2D eigenvalue weighted by molar-refractivity contribution is 5.20. The van der Waals surface area contributed by atoms with Crippen molar-refractivity contribution in [2.45, 2.75) is 19.9 Å². The largest absolute Gasteiger partial charge is 0.312 e. The summed E-state index contributed by atoms with van der Waals surface area (Å²) >= 11 is 0. The Bertz CT molecular complexity index is 248. The highest BCUT2D eigenvalue weighted by Crippen LogP contribution is 2.02. The number of benzene rings is 1. The van der Waals surface area contributed by atoms with Gasteiger partial charge in [0.05, 0.1) is 0 Å². The molecule has 70 valence electrons. The molecule has 0 unspecified atom stereocenters. The maximum Gasteiger partial charge on any atom is 0.0205 e. The molecule has 1 heteroatoms. The van der Waals surface area contributed by atoms with E-state index in [1.807, 2.05) is 6.08 Å². The first kappa shape index (κ1) is 10.0. The Balaban J connectivity index is 2.28. The van der Waals surface area contributed by atoms with Crippen LogP contribution in [0.5, 0.6) is 0 Å². The van der Waals surface area contributed by atoms with Crippen molar-refractivity contribution in [3.8, 4) is 0 Å². The number of hydrogen-bond donors (Lipinski definition) is 1. The lowest BCUT2D eigenvalue weighted by Crippen LogP contribution is -2.13. The second kappa shape index (κ2) is 5.55. The second-order valence-corrected chi connectivity index (χ2v) is 3.24. The van der Waals surface area contributed by atoms with Crippen molar-refractivity contribution >= 4 is 0 Å². The van der Waals surface area contributed by atoms with Crippen LogP contribution in [0.15, 0.2) is 36.9 Å². The molecule has 0 spiro atoms. The van der Waals surface area contributed by atoms with Gasteiger partial charge in [0.1, 0.15) is 0 Å². The van der Waals surface area contributed by atoms with Gasteiger partial charge < -0.3 is 5.32 Å². The average Bonchev–Trinajstić information content (AvgIpc) is 2.15. The molecule has 0 saturated heterocycles. The minimum Gasteiger partial charge on any atom is -0.312 e. The van der Waals surface area contributed by atoms with Gasteiger partial charge in [-0.2, -0.15) is 0 Å². The fourth-order valence-corrected chi connectivity index (χ4v) is 1.14. The number of hydrogen-bond acceptors (Lipinski definition) is 1. The van der Waals surface area contributed by atoms with E-state index in [1.54, 1.807) is 0 Å². The quantitative estimate of drug-likeness (QED) is 0.536. The first-order valence-electron chi connectivity index (χ1n) is 4.70. The van der Waals surface area contributed by atoms with Crippen LogP contribution in [0.1, 0.15) is 17.5 Å². The molecule has 1 aromatic carbocycles. The third kappa shape index (κ3) is 3.90.